The average Bonchev–Trinajstić information content (AvgIpc) is 2.81. The first-order valence-electron chi connectivity index (χ1n) is 9.88. The van der Waals surface area contributed by atoms with Crippen molar-refractivity contribution in [2.45, 2.75) is 30.7 Å². The highest BCUT2D eigenvalue weighted by Gasteiger charge is 2.45. The van der Waals surface area contributed by atoms with Gasteiger partial charge in [0.15, 0.2) is 22.8 Å². The van der Waals surface area contributed by atoms with Gasteiger partial charge in [0.05, 0.1) is 24.7 Å². The van der Waals surface area contributed by atoms with Crippen LogP contribution in [0, 0.1) is 0 Å². The smallest absolute Gasteiger partial charge is 0.229 e. The lowest BCUT2D eigenvalue weighted by atomic mass is 9.99. The zero-order chi connectivity index (χ0) is 23.9. The van der Waals surface area contributed by atoms with Crippen molar-refractivity contribution in [2.24, 2.45) is 0 Å². The van der Waals surface area contributed by atoms with Gasteiger partial charge in [-0.3, -0.25) is 4.79 Å². The summed E-state index contributed by atoms with van der Waals surface area (Å²) in [6.07, 6.45) is -6.70. The number of ether oxygens (including phenoxy) is 3. The zero-order valence-corrected chi connectivity index (χ0v) is 17.3. The van der Waals surface area contributed by atoms with Crippen LogP contribution in [0.3, 0.4) is 0 Å². The van der Waals surface area contributed by atoms with Gasteiger partial charge in [0.25, 0.3) is 0 Å². The van der Waals surface area contributed by atoms with E-state index in [9.17, 15) is 35.4 Å². The first-order chi connectivity index (χ1) is 15.8. The Labute approximate surface area is 186 Å². The molecule has 0 spiro atoms. The molecule has 1 fully saturated rings. The van der Waals surface area contributed by atoms with Crippen LogP contribution in [0.25, 0.3) is 22.1 Å². The predicted molar refractivity (Wildman–Crippen MR) is 112 cm³/mol. The van der Waals surface area contributed by atoms with Crippen LogP contribution in [0.1, 0.15) is 0 Å². The van der Waals surface area contributed by atoms with Crippen molar-refractivity contribution in [3.63, 3.8) is 0 Å². The molecule has 3 aromatic rings. The van der Waals surface area contributed by atoms with Gasteiger partial charge in [0.1, 0.15) is 30.7 Å². The first kappa shape index (κ1) is 22.8. The minimum atomic E-state index is -1.73. The van der Waals surface area contributed by atoms with E-state index in [1.54, 1.807) is 0 Å². The maximum absolute atomic E-state index is 13.1. The van der Waals surface area contributed by atoms with Gasteiger partial charge in [-0.2, -0.15) is 0 Å². The third-order valence-electron chi connectivity index (χ3n) is 5.45. The molecule has 5 atom stereocenters. The number of aromatic hydroxyl groups is 2. The van der Waals surface area contributed by atoms with Crippen LogP contribution in [0.5, 0.6) is 23.0 Å². The maximum atomic E-state index is 13.1. The Bertz CT molecular complexity index is 1220. The Morgan fingerprint density at radius 2 is 1.73 bits per heavy atom. The van der Waals surface area contributed by atoms with Crippen molar-refractivity contribution < 1.29 is 49.3 Å². The molecule has 1 aromatic heterocycles. The minimum Gasteiger partial charge on any atom is -0.504 e. The molecule has 0 saturated carbocycles. The zero-order valence-electron chi connectivity index (χ0n) is 17.3. The number of hydrogen-bond donors (Lipinski definition) is 6. The minimum absolute atomic E-state index is 0.0249. The molecule has 11 nitrogen and oxygen atoms in total. The number of phenols is 2. The standard InChI is InChI=1S/C22H22O11/c1-30-14-6-9(2-4-12(14)24)11-8-31-20-10(16(11)26)3-5-13(25)21(20)33-22-19(29)18(28)17(27)15(7-23)32-22/h2-6,8,15,17-19,22-25,27-29H,7H2,1H3/t15-,17-,18+,19-,22+/m1/s1. The quantitative estimate of drug-likeness (QED) is 0.302. The molecule has 0 bridgehead atoms. The lowest BCUT2D eigenvalue weighted by molar-refractivity contribution is -0.277. The second-order valence-electron chi connectivity index (χ2n) is 7.47. The van der Waals surface area contributed by atoms with E-state index in [1.807, 2.05) is 0 Å². The van der Waals surface area contributed by atoms with Gasteiger partial charge in [-0.1, -0.05) is 6.07 Å². The van der Waals surface area contributed by atoms with Crippen LogP contribution < -0.4 is 14.9 Å². The Hall–Kier alpha value is -3.35. The van der Waals surface area contributed by atoms with E-state index in [0.29, 0.717) is 5.56 Å². The molecule has 0 radical (unpaired) electrons. The Morgan fingerprint density at radius 3 is 2.42 bits per heavy atom. The largest absolute Gasteiger partial charge is 0.504 e. The summed E-state index contributed by atoms with van der Waals surface area (Å²) in [5.74, 6) is -0.735. The van der Waals surface area contributed by atoms with Crippen LogP contribution in [0.15, 0.2) is 45.8 Å². The molecular formula is C22H22O11. The number of phenolic OH excluding ortho intramolecular Hbond substituents is 2. The van der Waals surface area contributed by atoms with Gasteiger partial charge in [-0.05, 0) is 29.8 Å². The first-order valence-corrected chi connectivity index (χ1v) is 9.88. The predicted octanol–water partition coefficient (Wildman–Crippen LogP) is 0.0585. The van der Waals surface area contributed by atoms with Crippen molar-refractivity contribution in [1.29, 1.82) is 0 Å². The van der Waals surface area contributed by atoms with E-state index in [0.717, 1.165) is 6.26 Å². The van der Waals surface area contributed by atoms with Crippen molar-refractivity contribution in [1.82, 2.24) is 0 Å². The van der Waals surface area contributed by atoms with Crippen molar-refractivity contribution in [3.05, 3.63) is 46.8 Å². The van der Waals surface area contributed by atoms with Crippen LogP contribution in [-0.2, 0) is 4.74 Å². The highest BCUT2D eigenvalue weighted by molar-refractivity contribution is 5.88. The summed E-state index contributed by atoms with van der Waals surface area (Å²) in [4.78, 5) is 13.1. The lowest BCUT2D eigenvalue weighted by Gasteiger charge is -2.39. The van der Waals surface area contributed by atoms with Crippen molar-refractivity contribution >= 4 is 11.0 Å². The maximum Gasteiger partial charge on any atom is 0.229 e. The number of hydrogen-bond acceptors (Lipinski definition) is 11. The summed E-state index contributed by atoms with van der Waals surface area (Å²) < 4.78 is 21.5. The van der Waals surface area contributed by atoms with Gasteiger partial charge in [-0.15, -0.1) is 0 Å². The van der Waals surface area contributed by atoms with Crippen LogP contribution in [-0.4, -0.2) is 75.1 Å². The molecule has 1 aliphatic heterocycles. The van der Waals surface area contributed by atoms with Gasteiger partial charge >= 0.3 is 0 Å². The van der Waals surface area contributed by atoms with Crippen molar-refractivity contribution in [2.75, 3.05) is 13.7 Å². The molecule has 33 heavy (non-hydrogen) atoms. The fourth-order valence-electron chi connectivity index (χ4n) is 3.60. The van der Waals surface area contributed by atoms with Crippen LogP contribution >= 0.6 is 0 Å². The lowest BCUT2D eigenvalue weighted by Crippen LogP contribution is -2.60. The summed E-state index contributed by atoms with van der Waals surface area (Å²) in [5.41, 5.74) is -0.0934. The highest BCUT2D eigenvalue weighted by atomic mass is 16.7. The van der Waals surface area contributed by atoms with E-state index in [2.05, 4.69) is 0 Å². The van der Waals surface area contributed by atoms with Gasteiger partial charge in [0.2, 0.25) is 17.5 Å². The fraction of sp³-hybridized carbons (Fsp3) is 0.318. The summed E-state index contributed by atoms with van der Waals surface area (Å²) in [7, 11) is 1.37. The molecule has 0 unspecified atom stereocenters. The number of aliphatic hydroxyl groups is 4. The van der Waals surface area contributed by atoms with E-state index >= 15 is 0 Å². The second kappa shape index (κ2) is 8.89. The third kappa shape index (κ3) is 3.96. The van der Waals surface area contributed by atoms with E-state index < -0.39 is 48.5 Å². The van der Waals surface area contributed by atoms with Gasteiger partial charge in [-0.25, -0.2) is 0 Å². The molecule has 1 saturated heterocycles. The molecule has 0 amide bonds. The monoisotopic (exact) mass is 462 g/mol. The van der Waals surface area contributed by atoms with Gasteiger partial charge in [0, 0.05) is 0 Å². The molecular weight excluding hydrogens is 440 g/mol. The number of benzene rings is 2. The number of aliphatic hydroxyl groups excluding tert-OH is 4. The summed E-state index contributed by atoms with van der Waals surface area (Å²) in [6.45, 7) is -0.666. The number of methoxy groups -OCH3 is 1. The number of fused-ring (bicyclic) bond motifs is 1. The highest BCUT2D eigenvalue weighted by Crippen LogP contribution is 2.38. The van der Waals surface area contributed by atoms with Gasteiger partial charge < -0.3 is 49.3 Å². The Kier molecular flexibility index (Phi) is 6.15. The Balaban J connectivity index is 1.76. The summed E-state index contributed by atoms with van der Waals surface area (Å²) in [5, 5.41) is 59.6. The topological polar surface area (TPSA) is 179 Å². The Morgan fingerprint density at radius 1 is 1.00 bits per heavy atom. The average molecular weight is 462 g/mol. The molecule has 2 aromatic carbocycles. The molecule has 6 N–H and O–H groups in total. The van der Waals surface area contributed by atoms with Crippen LogP contribution in [0.4, 0.5) is 0 Å². The van der Waals surface area contributed by atoms with E-state index in [-0.39, 0.29) is 33.8 Å². The summed E-state index contributed by atoms with van der Waals surface area (Å²) >= 11 is 0. The molecule has 11 heteroatoms. The normalized spacial score (nSPS) is 25.2. The van der Waals surface area contributed by atoms with E-state index in [4.69, 9.17) is 18.6 Å². The number of rotatable bonds is 5. The molecule has 176 valence electrons. The van der Waals surface area contributed by atoms with E-state index in [1.165, 1.54) is 37.4 Å². The molecule has 1 aliphatic rings. The van der Waals surface area contributed by atoms with Crippen LogP contribution in [0.2, 0.25) is 0 Å². The molecule has 0 aliphatic carbocycles. The second-order valence-corrected chi connectivity index (χ2v) is 7.47. The summed E-state index contributed by atoms with van der Waals surface area (Å²) in [6, 6.07) is 6.82. The molecule has 2 heterocycles. The SMILES string of the molecule is COc1cc(-c2coc3c(O[C@@H]4O[C@H](CO)[C@@H](O)[C@H](O)[C@H]4O)c(O)ccc3c2=O)ccc1O. The van der Waals surface area contributed by atoms with Crippen molar-refractivity contribution in [3.8, 4) is 34.1 Å². The molecule has 4 rings (SSSR count). The fourth-order valence-corrected chi connectivity index (χ4v) is 3.60. The third-order valence-corrected chi connectivity index (χ3v) is 5.45.